The summed E-state index contributed by atoms with van der Waals surface area (Å²) in [7, 11) is -3.67. The Kier molecular flexibility index (Phi) is 6.15. The number of hydrogen-bond donors (Lipinski definition) is 1. The van der Waals surface area contributed by atoms with Crippen LogP contribution in [-0.4, -0.2) is 32.4 Å². The Balaban J connectivity index is 2.34. The standard InChI is InChI=1S/C19H22N2O4S/c1-4-18(21(26(3,24)25)17-11-6-5-7-12-17)19(23)20-16-10-8-9-15(13-16)14(2)22/h5-13,18H,4H2,1-3H3,(H,20,23)/t18-/m0/s1. The van der Waals surface area contributed by atoms with Crippen molar-refractivity contribution in [1.29, 1.82) is 0 Å². The van der Waals surface area contributed by atoms with Crippen LogP contribution in [0.25, 0.3) is 0 Å². The minimum atomic E-state index is -3.67. The van der Waals surface area contributed by atoms with Crippen LogP contribution in [0.5, 0.6) is 0 Å². The molecule has 0 aromatic heterocycles. The summed E-state index contributed by atoms with van der Waals surface area (Å²) in [5.74, 6) is -0.572. The molecule has 2 aromatic rings. The quantitative estimate of drug-likeness (QED) is 0.755. The van der Waals surface area contributed by atoms with Gasteiger partial charge in [-0.05, 0) is 37.6 Å². The first kappa shape index (κ1) is 19.7. The molecule has 0 radical (unpaired) electrons. The number of hydrogen-bond acceptors (Lipinski definition) is 4. The van der Waals surface area contributed by atoms with Crippen molar-refractivity contribution in [2.24, 2.45) is 0 Å². The maximum Gasteiger partial charge on any atom is 0.248 e. The maximum atomic E-state index is 12.8. The summed E-state index contributed by atoms with van der Waals surface area (Å²) in [4.78, 5) is 24.3. The summed E-state index contributed by atoms with van der Waals surface area (Å²) in [5, 5.41) is 2.71. The van der Waals surface area contributed by atoms with Crippen molar-refractivity contribution in [2.45, 2.75) is 26.3 Å². The predicted molar refractivity (Wildman–Crippen MR) is 103 cm³/mol. The van der Waals surface area contributed by atoms with Gasteiger partial charge >= 0.3 is 0 Å². The zero-order chi connectivity index (χ0) is 19.3. The van der Waals surface area contributed by atoms with Crippen LogP contribution in [0.15, 0.2) is 54.6 Å². The molecule has 0 spiro atoms. The SMILES string of the molecule is CC[C@@H](C(=O)Nc1cccc(C(C)=O)c1)N(c1ccccc1)S(C)(=O)=O. The lowest BCUT2D eigenvalue weighted by Crippen LogP contribution is -2.47. The number of para-hydroxylation sites is 1. The monoisotopic (exact) mass is 374 g/mol. The number of ketones is 1. The summed E-state index contributed by atoms with van der Waals surface area (Å²) in [6.07, 6.45) is 1.37. The van der Waals surface area contributed by atoms with Gasteiger partial charge in [0.25, 0.3) is 0 Å². The summed E-state index contributed by atoms with van der Waals surface area (Å²) in [5.41, 5.74) is 1.34. The second kappa shape index (κ2) is 8.14. The highest BCUT2D eigenvalue weighted by Gasteiger charge is 2.31. The van der Waals surface area contributed by atoms with Gasteiger partial charge in [-0.15, -0.1) is 0 Å². The van der Waals surface area contributed by atoms with E-state index >= 15 is 0 Å². The van der Waals surface area contributed by atoms with Crippen LogP contribution in [0.4, 0.5) is 11.4 Å². The highest BCUT2D eigenvalue weighted by atomic mass is 32.2. The van der Waals surface area contributed by atoms with E-state index < -0.39 is 22.0 Å². The number of carbonyl (C=O) groups excluding carboxylic acids is 2. The average molecular weight is 374 g/mol. The lowest BCUT2D eigenvalue weighted by atomic mass is 10.1. The minimum absolute atomic E-state index is 0.116. The van der Waals surface area contributed by atoms with Gasteiger partial charge < -0.3 is 5.32 Å². The van der Waals surface area contributed by atoms with Crippen LogP contribution in [-0.2, 0) is 14.8 Å². The van der Waals surface area contributed by atoms with Crippen molar-refractivity contribution in [3.63, 3.8) is 0 Å². The van der Waals surface area contributed by atoms with Crippen LogP contribution in [0.1, 0.15) is 30.6 Å². The van der Waals surface area contributed by atoms with Gasteiger partial charge in [0.2, 0.25) is 15.9 Å². The molecule has 0 heterocycles. The molecule has 1 atom stereocenters. The smallest absolute Gasteiger partial charge is 0.248 e. The average Bonchev–Trinajstić information content (AvgIpc) is 2.59. The van der Waals surface area contributed by atoms with Crippen LogP contribution in [0, 0.1) is 0 Å². The van der Waals surface area contributed by atoms with Gasteiger partial charge in [-0.1, -0.05) is 37.3 Å². The van der Waals surface area contributed by atoms with Gasteiger partial charge in [0.05, 0.1) is 11.9 Å². The van der Waals surface area contributed by atoms with Crippen LogP contribution >= 0.6 is 0 Å². The molecule has 0 aliphatic heterocycles. The summed E-state index contributed by atoms with van der Waals surface area (Å²) >= 11 is 0. The molecule has 2 rings (SSSR count). The fourth-order valence-corrected chi connectivity index (χ4v) is 3.89. The maximum absolute atomic E-state index is 12.8. The second-order valence-electron chi connectivity index (χ2n) is 5.94. The topological polar surface area (TPSA) is 83.6 Å². The summed E-state index contributed by atoms with van der Waals surface area (Å²) in [6, 6.07) is 14.1. The number of carbonyl (C=O) groups is 2. The molecule has 0 aliphatic carbocycles. The molecular weight excluding hydrogens is 352 g/mol. The number of Topliss-reactive ketones (excluding diaryl/α,β-unsaturated/α-hetero) is 1. The third-order valence-corrected chi connectivity index (χ3v) is 5.06. The van der Waals surface area contributed by atoms with E-state index in [1.807, 2.05) is 0 Å². The lowest BCUT2D eigenvalue weighted by molar-refractivity contribution is -0.117. The van der Waals surface area contributed by atoms with Crippen LogP contribution in [0.2, 0.25) is 0 Å². The van der Waals surface area contributed by atoms with Crippen molar-refractivity contribution in [2.75, 3.05) is 15.9 Å². The molecular formula is C19H22N2O4S. The van der Waals surface area contributed by atoms with E-state index in [-0.39, 0.29) is 5.78 Å². The molecule has 7 heteroatoms. The van der Waals surface area contributed by atoms with E-state index in [0.29, 0.717) is 23.4 Å². The van der Waals surface area contributed by atoms with Gasteiger partial charge in [0.1, 0.15) is 6.04 Å². The zero-order valence-corrected chi connectivity index (χ0v) is 15.8. The Morgan fingerprint density at radius 1 is 1.08 bits per heavy atom. The Morgan fingerprint density at radius 3 is 2.27 bits per heavy atom. The number of anilines is 2. The molecule has 138 valence electrons. The number of nitrogens with zero attached hydrogens (tertiary/aromatic N) is 1. The molecule has 26 heavy (non-hydrogen) atoms. The number of benzene rings is 2. The zero-order valence-electron chi connectivity index (χ0n) is 15.0. The molecule has 0 bridgehead atoms. The predicted octanol–water partition coefficient (Wildman–Crippen LogP) is 3.07. The highest BCUT2D eigenvalue weighted by molar-refractivity contribution is 7.92. The number of amides is 1. The largest absolute Gasteiger partial charge is 0.324 e. The van der Waals surface area contributed by atoms with Crippen molar-refractivity contribution < 1.29 is 18.0 Å². The van der Waals surface area contributed by atoms with E-state index in [1.165, 1.54) is 6.92 Å². The van der Waals surface area contributed by atoms with Crippen molar-refractivity contribution in [3.8, 4) is 0 Å². The molecule has 6 nitrogen and oxygen atoms in total. The third kappa shape index (κ3) is 4.70. The molecule has 0 saturated heterocycles. The molecule has 1 N–H and O–H groups in total. The third-order valence-electron chi connectivity index (χ3n) is 3.88. The number of nitrogens with one attached hydrogen (secondary N) is 1. The first-order valence-electron chi connectivity index (χ1n) is 8.20. The van der Waals surface area contributed by atoms with E-state index in [0.717, 1.165) is 10.6 Å². The second-order valence-corrected chi connectivity index (χ2v) is 7.80. The molecule has 0 aliphatic rings. The van der Waals surface area contributed by atoms with Crippen LogP contribution in [0.3, 0.4) is 0 Å². The van der Waals surface area contributed by atoms with Crippen molar-refractivity contribution in [3.05, 3.63) is 60.2 Å². The first-order valence-corrected chi connectivity index (χ1v) is 10.0. The summed E-state index contributed by atoms with van der Waals surface area (Å²) in [6.45, 7) is 3.19. The van der Waals surface area contributed by atoms with Gasteiger partial charge in [-0.25, -0.2) is 8.42 Å². The molecule has 0 saturated carbocycles. The van der Waals surface area contributed by atoms with E-state index in [4.69, 9.17) is 0 Å². The van der Waals surface area contributed by atoms with Gasteiger partial charge in [-0.2, -0.15) is 0 Å². The van der Waals surface area contributed by atoms with Gasteiger partial charge in [0, 0.05) is 11.3 Å². The lowest BCUT2D eigenvalue weighted by Gasteiger charge is -2.30. The van der Waals surface area contributed by atoms with Gasteiger partial charge in [-0.3, -0.25) is 13.9 Å². The fraction of sp³-hybridized carbons (Fsp3) is 0.263. The highest BCUT2D eigenvalue weighted by Crippen LogP contribution is 2.23. The van der Waals surface area contributed by atoms with Crippen LogP contribution < -0.4 is 9.62 Å². The Labute approximate surface area is 153 Å². The fourth-order valence-electron chi connectivity index (χ4n) is 2.68. The normalized spacial score (nSPS) is 12.3. The number of sulfonamides is 1. The van der Waals surface area contributed by atoms with Crippen molar-refractivity contribution in [1.82, 2.24) is 0 Å². The van der Waals surface area contributed by atoms with Gasteiger partial charge in [0.15, 0.2) is 5.78 Å². The van der Waals surface area contributed by atoms with E-state index in [9.17, 15) is 18.0 Å². The molecule has 1 amide bonds. The Morgan fingerprint density at radius 2 is 1.73 bits per heavy atom. The minimum Gasteiger partial charge on any atom is -0.324 e. The molecule has 2 aromatic carbocycles. The van der Waals surface area contributed by atoms with E-state index in [2.05, 4.69) is 5.32 Å². The molecule has 0 fully saturated rings. The summed E-state index contributed by atoms with van der Waals surface area (Å²) < 4.78 is 25.8. The molecule has 0 unspecified atom stereocenters. The van der Waals surface area contributed by atoms with Crippen molar-refractivity contribution >= 4 is 33.1 Å². The van der Waals surface area contributed by atoms with E-state index in [1.54, 1.807) is 61.5 Å². The number of rotatable bonds is 7. The Bertz CT molecular complexity index is 895. The Hall–Kier alpha value is -2.67. The first-order chi connectivity index (χ1) is 12.2.